The maximum absolute atomic E-state index is 12.8. The molecule has 0 spiro atoms. The van der Waals surface area contributed by atoms with Crippen LogP contribution in [0, 0.1) is 0 Å². The fourth-order valence-electron chi connectivity index (χ4n) is 2.66. The Morgan fingerprint density at radius 3 is 2.69 bits per heavy atom. The molecular formula is C21H17BrN2O6S2. The van der Waals surface area contributed by atoms with Crippen LogP contribution >= 0.6 is 39.9 Å². The highest BCUT2D eigenvalue weighted by molar-refractivity contribution is 9.10. The van der Waals surface area contributed by atoms with Crippen LogP contribution < -0.4 is 14.9 Å². The highest BCUT2D eigenvalue weighted by Gasteiger charge is 2.34. The Balaban J connectivity index is 1.74. The van der Waals surface area contributed by atoms with E-state index in [9.17, 15) is 14.4 Å². The first-order valence-electron chi connectivity index (χ1n) is 9.16. The summed E-state index contributed by atoms with van der Waals surface area (Å²) in [5.41, 5.74) is 3.55. The van der Waals surface area contributed by atoms with E-state index < -0.39 is 17.8 Å². The molecule has 0 unspecified atom stereocenters. The van der Waals surface area contributed by atoms with Crippen LogP contribution in [0.4, 0.5) is 0 Å². The monoisotopic (exact) mass is 536 g/mol. The summed E-state index contributed by atoms with van der Waals surface area (Å²) in [6.07, 6.45) is 1.48. The molecule has 0 bridgehead atoms. The molecule has 1 aliphatic heterocycles. The van der Waals surface area contributed by atoms with Gasteiger partial charge in [-0.05, 0) is 64.1 Å². The van der Waals surface area contributed by atoms with Crippen molar-refractivity contribution in [1.82, 2.24) is 10.4 Å². The summed E-state index contributed by atoms with van der Waals surface area (Å²) in [6, 6.07) is 11.8. The Labute approximate surface area is 201 Å². The number of aliphatic carboxylic acids is 1. The van der Waals surface area contributed by atoms with Crippen LogP contribution in [0.5, 0.6) is 11.5 Å². The van der Waals surface area contributed by atoms with Gasteiger partial charge in [0, 0.05) is 4.47 Å². The predicted molar refractivity (Wildman–Crippen MR) is 127 cm³/mol. The minimum atomic E-state index is -0.964. The van der Waals surface area contributed by atoms with Gasteiger partial charge in [0.25, 0.3) is 11.8 Å². The van der Waals surface area contributed by atoms with Crippen LogP contribution in [0.1, 0.15) is 22.3 Å². The number of carbonyl (C=O) groups excluding carboxylic acids is 2. The van der Waals surface area contributed by atoms with E-state index >= 15 is 0 Å². The lowest BCUT2D eigenvalue weighted by Crippen LogP contribution is -2.44. The third-order valence-corrected chi connectivity index (χ3v) is 6.18. The number of carbonyl (C=O) groups is 3. The molecule has 1 heterocycles. The first-order chi connectivity index (χ1) is 15.3. The lowest BCUT2D eigenvalue weighted by atomic mass is 10.2. The van der Waals surface area contributed by atoms with Crippen molar-refractivity contribution >= 4 is 68.1 Å². The number of carboxylic acids is 1. The number of hydrogen-bond donors (Lipinski definition) is 2. The first kappa shape index (κ1) is 23.8. The Morgan fingerprint density at radius 1 is 1.25 bits per heavy atom. The number of hydrazine groups is 1. The van der Waals surface area contributed by atoms with Crippen LogP contribution in [0.2, 0.25) is 0 Å². The number of halogens is 1. The normalized spacial score (nSPS) is 14.6. The van der Waals surface area contributed by atoms with Gasteiger partial charge in [0.15, 0.2) is 15.8 Å². The second kappa shape index (κ2) is 10.6. The zero-order valence-corrected chi connectivity index (χ0v) is 19.9. The van der Waals surface area contributed by atoms with E-state index in [1.165, 1.54) is 7.11 Å². The summed E-state index contributed by atoms with van der Waals surface area (Å²) in [5.74, 6) is -1.11. The largest absolute Gasteiger partial charge is 0.493 e. The molecule has 1 aliphatic rings. The molecule has 0 atom stereocenters. The number of hydrogen-bond acceptors (Lipinski definition) is 7. The molecule has 0 radical (unpaired) electrons. The van der Waals surface area contributed by atoms with Crippen LogP contribution in [-0.4, -0.2) is 45.9 Å². The summed E-state index contributed by atoms with van der Waals surface area (Å²) >= 11 is 9.63. The molecule has 8 nitrogen and oxygen atoms in total. The second-order valence-electron chi connectivity index (χ2n) is 6.34. The van der Waals surface area contributed by atoms with Crippen molar-refractivity contribution in [3.05, 3.63) is 63.0 Å². The first-order valence-corrected chi connectivity index (χ1v) is 11.2. The third-order valence-electron chi connectivity index (χ3n) is 4.18. The van der Waals surface area contributed by atoms with Gasteiger partial charge >= 0.3 is 5.97 Å². The van der Waals surface area contributed by atoms with E-state index in [0.717, 1.165) is 16.8 Å². The van der Waals surface area contributed by atoms with Crippen molar-refractivity contribution < 1.29 is 29.0 Å². The van der Waals surface area contributed by atoms with Gasteiger partial charge in [-0.3, -0.25) is 19.8 Å². The summed E-state index contributed by atoms with van der Waals surface area (Å²) in [7, 11) is 1.46. The molecule has 0 aliphatic carbocycles. The van der Waals surface area contributed by atoms with Gasteiger partial charge in [-0.15, -0.1) is 0 Å². The molecule has 1 saturated heterocycles. The fraction of sp³-hybridized carbons (Fsp3) is 0.143. The molecular weight excluding hydrogens is 520 g/mol. The quantitative estimate of drug-likeness (QED) is 0.387. The molecule has 0 saturated carbocycles. The van der Waals surface area contributed by atoms with Gasteiger partial charge in [0.2, 0.25) is 0 Å². The minimum absolute atomic E-state index is 0.000917. The Hall–Kier alpha value is -2.89. The van der Waals surface area contributed by atoms with Gasteiger partial charge in [0.1, 0.15) is 0 Å². The number of thioether (sulfide) groups is 1. The maximum Gasteiger partial charge on any atom is 0.306 e. The summed E-state index contributed by atoms with van der Waals surface area (Å²) in [6.45, 7) is 0.000917. The number of benzene rings is 2. The smallest absolute Gasteiger partial charge is 0.306 e. The van der Waals surface area contributed by atoms with Crippen molar-refractivity contribution in [3.63, 3.8) is 0 Å². The third kappa shape index (κ3) is 5.67. The van der Waals surface area contributed by atoms with E-state index in [2.05, 4.69) is 21.4 Å². The molecule has 32 heavy (non-hydrogen) atoms. The number of ether oxygens (including phenoxy) is 2. The highest BCUT2D eigenvalue weighted by Crippen LogP contribution is 2.34. The van der Waals surface area contributed by atoms with Gasteiger partial charge in [-0.2, -0.15) is 5.01 Å². The predicted octanol–water partition coefficient (Wildman–Crippen LogP) is 3.86. The van der Waals surface area contributed by atoms with Crippen molar-refractivity contribution in [2.45, 2.75) is 6.42 Å². The maximum atomic E-state index is 12.8. The lowest BCUT2D eigenvalue weighted by Gasteiger charge is -2.16. The molecule has 2 aromatic rings. The molecule has 166 valence electrons. The van der Waals surface area contributed by atoms with E-state index in [0.29, 0.717) is 32.0 Å². The van der Waals surface area contributed by atoms with Gasteiger partial charge < -0.3 is 14.6 Å². The Morgan fingerprint density at radius 2 is 2.00 bits per heavy atom. The number of methoxy groups -OCH3 is 1. The Bertz CT molecular complexity index is 1120. The van der Waals surface area contributed by atoms with E-state index in [-0.39, 0.29) is 17.3 Å². The summed E-state index contributed by atoms with van der Waals surface area (Å²) in [5, 5.41) is 9.76. The molecule has 11 heteroatoms. The molecule has 2 N–H and O–H groups in total. The van der Waals surface area contributed by atoms with Crippen LogP contribution in [0.3, 0.4) is 0 Å². The van der Waals surface area contributed by atoms with Crippen molar-refractivity contribution in [2.75, 3.05) is 13.7 Å². The topological polar surface area (TPSA) is 105 Å². The van der Waals surface area contributed by atoms with Crippen LogP contribution in [-0.2, 0) is 9.59 Å². The number of carboxylic acid groups (broad SMARTS) is 1. The average Bonchev–Trinajstić information content (AvgIpc) is 3.01. The SMILES string of the molecule is COc1cc(/C=C2/SC(=S)N(NC(=O)c3ccccc3Br)C2=O)ccc1OCCC(=O)O. The minimum Gasteiger partial charge on any atom is -0.493 e. The number of nitrogens with one attached hydrogen (secondary N) is 1. The highest BCUT2D eigenvalue weighted by atomic mass is 79.9. The molecule has 0 aromatic heterocycles. The number of thiocarbonyl (C=S) groups is 1. The Kier molecular flexibility index (Phi) is 7.89. The average molecular weight is 537 g/mol. The second-order valence-corrected chi connectivity index (χ2v) is 8.87. The zero-order chi connectivity index (χ0) is 23.3. The zero-order valence-electron chi connectivity index (χ0n) is 16.7. The van der Waals surface area contributed by atoms with Gasteiger partial charge in [-0.25, -0.2) is 0 Å². The summed E-state index contributed by atoms with van der Waals surface area (Å²) < 4.78 is 11.5. The fourth-order valence-corrected chi connectivity index (χ4v) is 4.31. The molecule has 3 rings (SSSR count). The standard InChI is InChI=1S/C21H17BrN2O6S2/c1-29-16-10-12(6-7-15(16)30-9-8-18(25)26)11-17-20(28)24(21(31)32-17)23-19(27)13-4-2-3-5-14(13)22/h2-7,10-11H,8-9H2,1H3,(H,23,27)(H,25,26)/b17-11+. The van der Waals surface area contributed by atoms with Crippen LogP contribution in [0.25, 0.3) is 6.08 Å². The van der Waals surface area contributed by atoms with Crippen LogP contribution in [0.15, 0.2) is 51.8 Å². The molecule has 1 fully saturated rings. The molecule has 2 amide bonds. The number of rotatable bonds is 8. The number of amides is 2. The van der Waals surface area contributed by atoms with E-state index in [4.69, 9.17) is 26.8 Å². The van der Waals surface area contributed by atoms with Crippen molar-refractivity contribution in [3.8, 4) is 11.5 Å². The van der Waals surface area contributed by atoms with Gasteiger partial charge in [0.05, 0.1) is 30.6 Å². The number of nitrogens with zero attached hydrogens (tertiary/aromatic N) is 1. The van der Waals surface area contributed by atoms with E-state index in [1.807, 2.05) is 0 Å². The molecule has 2 aromatic carbocycles. The van der Waals surface area contributed by atoms with Gasteiger partial charge in [-0.1, -0.05) is 30.0 Å². The lowest BCUT2D eigenvalue weighted by molar-refractivity contribution is -0.137. The van der Waals surface area contributed by atoms with Crippen molar-refractivity contribution in [1.29, 1.82) is 0 Å². The summed E-state index contributed by atoms with van der Waals surface area (Å²) in [4.78, 5) is 36.3. The van der Waals surface area contributed by atoms with Crippen molar-refractivity contribution in [2.24, 2.45) is 0 Å². The van der Waals surface area contributed by atoms with E-state index in [1.54, 1.807) is 48.5 Å².